The number of hydrogen-bond donors (Lipinski definition) is 2. The molecule has 1 aliphatic rings. The number of hydrogen-bond acceptors (Lipinski definition) is 7. The first-order valence-corrected chi connectivity index (χ1v) is 11.9. The molecule has 1 aromatic carbocycles. The molecular formula is C23H28N6O3S. The van der Waals surface area contributed by atoms with Crippen molar-refractivity contribution in [2.75, 3.05) is 23.3 Å². The van der Waals surface area contributed by atoms with Gasteiger partial charge in [-0.1, -0.05) is 29.0 Å². The number of piperidine rings is 1. The topological polar surface area (TPSA) is 109 Å². The molecule has 0 saturated carbocycles. The molecule has 174 valence electrons. The summed E-state index contributed by atoms with van der Waals surface area (Å²) in [6.07, 6.45) is 3.07. The van der Waals surface area contributed by atoms with E-state index in [2.05, 4.69) is 20.6 Å². The van der Waals surface area contributed by atoms with Crippen molar-refractivity contribution in [1.82, 2.24) is 19.9 Å². The Hall–Kier alpha value is -3.27. The third kappa shape index (κ3) is 5.39. The van der Waals surface area contributed by atoms with Crippen molar-refractivity contribution >= 4 is 44.3 Å². The summed E-state index contributed by atoms with van der Waals surface area (Å²) in [4.78, 5) is 48.7. The van der Waals surface area contributed by atoms with Gasteiger partial charge >= 0.3 is 0 Å². The van der Waals surface area contributed by atoms with Crippen molar-refractivity contribution in [2.24, 2.45) is 5.92 Å². The minimum Gasteiger partial charge on any atom is -0.354 e. The van der Waals surface area contributed by atoms with Crippen LogP contribution in [0, 0.1) is 12.8 Å². The summed E-state index contributed by atoms with van der Waals surface area (Å²) in [5.74, 6) is -0.360. The first-order valence-electron chi connectivity index (χ1n) is 11.1. The summed E-state index contributed by atoms with van der Waals surface area (Å²) >= 11 is 1.26. The van der Waals surface area contributed by atoms with Crippen LogP contribution >= 0.6 is 11.3 Å². The van der Waals surface area contributed by atoms with Gasteiger partial charge in [0, 0.05) is 24.8 Å². The van der Waals surface area contributed by atoms with Gasteiger partial charge in [-0.15, -0.1) is 0 Å². The van der Waals surface area contributed by atoms with Gasteiger partial charge in [0.1, 0.15) is 17.6 Å². The zero-order chi connectivity index (χ0) is 23.5. The highest BCUT2D eigenvalue weighted by Crippen LogP contribution is 2.29. The van der Waals surface area contributed by atoms with Gasteiger partial charge in [0.25, 0.3) is 5.56 Å². The van der Waals surface area contributed by atoms with Crippen molar-refractivity contribution in [3.63, 3.8) is 0 Å². The monoisotopic (exact) mass is 468 g/mol. The average Bonchev–Trinajstić information content (AvgIpc) is 3.22. The number of carbonyl (C=O) groups excluding carboxylic acids is 2. The summed E-state index contributed by atoms with van der Waals surface area (Å²) in [6, 6.07) is 7.55. The summed E-state index contributed by atoms with van der Waals surface area (Å²) in [7, 11) is 0. The molecule has 1 aliphatic heterocycles. The number of amides is 2. The van der Waals surface area contributed by atoms with Gasteiger partial charge in [0.15, 0.2) is 10.8 Å². The number of nitrogens with one attached hydrogen (secondary N) is 2. The maximum Gasteiger partial charge on any atom is 0.273 e. The predicted octanol–water partition coefficient (Wildman–Crippen LogP) is 2.54. The molecule has 0 bridgehead atoms. The lowest BCUT2D eigenvalue weighted by Gasteiger charge is -2.32. The van der Waals surface area contributed by atoms with E-state index in [1.54, 1.807) is 0 Å². The molecule has 4 rings (SSSR count). The minimum atomic E-state index is -0.304. The van der Waals surface area contributed by atoms with Gasteiger partial charge in [0.2, 0.25) is 11.8 Å². The second-order valence-electron chi connectivity index (χ2n) is 8.69. The molecule has 1 unspecified atom stereocenters. The molecule has 33 heavy (non-hydrogen) atoms. The molecule has 2 amide bonds. The number of aryl methyl sites for hydroxylation is 1. The van der Waals surface area contributed by atoms with Crippen LogP contribution in [0.5, 0.6) is 0 Å². The third-order valence-electron chi connectivity index (χ3n) is 5.52. The number of aromatic nitrogens is 3. The summed E-state index contributed by atoms with van der Waals surface area (Å²) in [5.41, 5.74) is 1.84. The highest BCUT2D eigenvalue weighted by atomic mass is 32.1. The largest absolute Gasteiger partial charge is 0.354 e. The average molecular weight is 469 g/mol. The molecular weight excluding hydrogens is 440 g/mol. The molecule has 0 radical (unpaired) electrons. The highest BCUT2D eigenvalue weighted by molar-refractivity contribution is 7.22. The number of benzene rings is 1. The maximum absolute atomic E-state index is 13.0. The molecule has 10 heteroatoms. The molecule has 0 spiro atoms. The Morgan fingerprint density at radius 2 is 2.00 bits per heavy atom. The van der Waals surface area contributed by atoms with Crippen molar-refractivity contribution in [3.05, 3.63) is 46.5 Å². The van der Waals surface area contributed by atoms with E-state index in [0.717, 1.165) is 24.9 Å². The minimum absolute atomic E-state index is 0.0517. The fourth-order valence-corrected chi connectivity index (χ4v) is 4.85. The zero-order valence-corrected chi connectivity index (χ0v) is 19.8. The van der Waals surface area contributed by atoms with Crippen molar-refractivity contribution in [3.8, 4) is 0 Å². The van der Waals surface area contributed by atoms with Gasteiger partial charge in [-0.2, -0.15) is 4.98 Å². The lowest BCUT2D eigenvalue weighted by molar-refractivity contribution is -0.125. The van der Waals surface area contributed by atoms with E-state index in [4.69, 9.17) is 0 Å². The standard InChI is InChI=1S/C23H28N6O3S/c1-14(2)25-21(31)16-5-4-10-28(11-16)23-27-20-19(33-23)22(32)29(13-24-20)12-18(30)26-17-8-6-15(3)7-9-17/h6-9,13-14,16H,4-5,10-12H2,1-3H3,(H,25,31)(H,26,30). The van der Waals surface area contributed by atoms with Crippen LogP contribution in [0.3, 0.4) is 0 Å². The third-order valence-corrected chi connectivity index (χ3v) is 6.61. The van der Waals surface area contributed by atoms with E-state index in [1.165, 1.54) is 22.2 Å². The Kier molecular flexibility index (Phi) is 6.73. The van der Waals surface area contributed by atoms with Gasteiger partial charge in [0.05, 0.1) is 5.92 Å². The quantitative estimate of drug-likeness (QED) is 0.575. The fraction of sp³-hybridized carbons (Fsp3) is 0.435. The fourth-order valence-electron chi connectivity index (χ4n) is 3.84. The normalized spacial score (nSPS) is 16.2. The van der Waals surface area contributed by atoms with E-state index in [0.29, 0.717) is 27.7 Å². The number of fused-ring (bicyclic) bond motifs is 1. The van der Waals surface area contributed by atoms with E-state index < -0.39 is 0 Å². The van der Waals surface area contributed by atoms with E-state index in [1.807, 2.05) is 49.9 Å². The van der Waals surface area contributed by atoms with E-state index in [-0.39, 0.29) is 35.9 Å². The van der Waals surface area contributed by atoms with Crippen LogP contribution in [-0.2, 0) is 16.1 Å². The molecule has 2 aromatic heterocycles. The van der Waals surface area contributed by atoms with Crippen LogP contribution in [0.4, 0.5) is 10.8 Å². The number of anilines is 2. The maximum atomic E-state index is 13.0. The van der Waals surface area contributed by atoms with Gasteiger partial charge < -0.3 is 15.5 Å². The number of thiazole rings is 1. The number of carbonyl (C=O) groups is 2. The van der Waals surface area contributed by atoms with Gasteiger partial charge in [-0.05, 0) is 45.7 Å². The van der Waals surface area contributed by atoms with Crippen LogP contribution in [0.1, 0.15) is 32.3 Å². The Morgan fingerprint density at radius 3 is 2.73 bits per heavy atom. The molecule has 0 aliphatic carbocycles. The molecule has 3 aromatic rings. The molecule has 9 nitrogen and oxygen atoms in total. The van der Waals surface area contributed by atoms with E-state index >= 15 is 0 Å². The van der Waals surface area contributed by atoms with Gasteiger partial charge in [-0.25, -0.2) is 4.98 Å². The first-order chi connectivity index (χ1) is 15.8. The first kappa shape index (κ1) is 22.9. The van der Waals surface area contributed by atoms with Crippen LogP contribution in [0.2, 0.25) is 0 Å². The van der Waals surface area contributed by atoms with Crippen molar-refractivity contribution < 1.29 is 9.59 Å². The highest BCUT2D eigenvalue weighted by Gasteiger charge is 2.28. The summed E-state index contributed by atoms with van der Waals surface area (Å²) < 4.78 is 1.70. The second-order valence-corrected chi connectivity index (χ2v) is 9.67. The number of nitrogens with zero attached hydrogens (tertiary/aromatic N) is 4. The summed E-state index contributed by atoms with van der Waals surface area (Å²) in [6.45, 7) is 7.07. The Balaban J connectivity index is 1.48. The van der Waals surface area contributed by atoms with Crippen molar-refractivity contribution in [2.45, 2.75) is 46.2 Å². The molecule has 1 atom stereocenters. The van der Waals surface area contributed by atoms with E-state index in [9.17, 15) is 14.4 Å². The predicted molar refractivity (Wildman–Crippen MR) is 130 cm³/mol. The van der Waals surface area contributed by atoms with Crippen LogP contribution in [0.25, 0.3) is 10.3 Å². The Morgan fingerprint density at radius 1 is 1.24 bits per heavy atom. The smallest absolute Gasteiger partial charge is 0.273 e. The second kappa shape index (κ2) is 9.70. The van der Waals surface area contributed by atoms with Crippen LogP contribution in [0.15, 0.2) is 35.4 Å². The van der Waals surface area contributed by atoms with Crippen LogP contribution in [-0.4, -0.2) is 45.5 Å². The Labute approximate surface area is 195 Å². The molecule has 2 N–H and O–H groups in total. The van der Waals surface area contributed by atoms with Crippen molar-refractivity contribution in [1.29, 1.82) is 0 Å². The van der Waals surface area contributed by atoms with Gasteiger partial charge in [-0.3, -0.25) is 19.0 Å². The number of rotatable bonds is 6. The van der Waals surface area contributed by atoms with Crippen LogP contribution < -0.4 is 21.1 Å². The molecule has 3 heterocycles. The molecule has 1 fully saturated rings. The Bertz CT molecular complexity index is 1220. The lowest BCUT2D eigenvalue weighted by atomic mass is 9.97. The molecule has 1 saturated heterocycles. The summed E-state index contributed by atoms with van der Waals surface area (Å²) in [5, 5.41) is 6.45. The zero-order valence-electron chi connectivity index (χ0n) is 19.0. The SMILES string of the molecule is Cc1ccc(NC(=O)Cn2cnc3nc(N4CCCC(C(=O)NC(C)C)C4)sc3c2=O)cc1. The lowest BCUT2D eigenvalue weighted by Crippen LogP contribution is -2.44.